The first-order chi connectivity index (χ1) is 13.3. The van der Waals surface area contributed by atoms with Gasteiger partial charge in [-0.15, -0.1) is 0 Å². The highest BCUT2D eigenvalue weighted by Crippen LogP contribution is 2.44. The highest BCUT2D eigenvalue weighted by molar-refractivity contribution is 7.92. The van der Waals surface area contributed by atoms with Crippen molar-refractivity contribution in [3.63, 3.8) is 0 Å². The highest BCUT2D eigenvalue weighted by atomic mass is 32.2. The van der Waals surface area contributed by atoms with E-state index in [2.05, 4.69) is 0 Å². The molecule has 0 aliphatic carbocycles. The van der Waals surface area contributed by atoms with Crippen LogP contribution in [0.2, 0.25) is 0 Å². The topological polar surface area (TPSA) is 97.6 Å². The van der Waals surface area contributed by atoms with Crippen LogP contribution in [0.25, 0.3) is 0 Å². The first kappa shape index (κ1) is 17.9. The van der Waals surface area contributed by atoms with Crippen molar-refractivity contribution >= 4 is 32.8 Å². The molecule has 0 saturated carbocycles. The number of rotatable bonds is 2. The summed E-state index contributed by atoms with van der Waals surface area (Å²) in [5, 5.41) is 11.3. The number of nitro groups is 1. The van der Waals surface area contributed by atoms with Gasteiger partial charge < -0.3 is 0 Å². The van der Waals surface area contributed by atoms with Crippen LogP contribution < -0.4 is 4.90 Å². The summed E-state index contributed by atoms with van der Waals surface area (Å²) in [6.07, 6.45) is 0. The third-order valence-electron chi connectivity index (χ3n) is 4.73. The van der Waals surface area contributed by atoms with Crippen molar-refractivity contribution < 1.29 is 18.1 Å². The van der Waals surface area contributed by atoms with Gasteiger partial charge >= 0.3 is 0 Å². The summed E-state index contributed by atoms with van der Waals surface area (Å²) < 4.78 is 26.0. The lowest BCUT2D eigenvalue weighted by molar-refractivity contribution is -0.385. The number of hydrogen-bond acceptors (Lipinski definition) is 5. The molecule has 0 saturated heterocycles. The molecule has 1 aliphatic heterocycles. The van der Waals surface area contributed by atoms with Crippen LogP contribution in [-0.2, 0) is 9.84 Å². The SMILES string of the molecule is Cc1c(C(=O)N2c3ccccc3S(=O)(=O)c3ccccc32)cccc1[N+](=O)[O-]. The van der Waals surface area contributed by atoms with E-state index in [1.165, 1.54) is 42.2 Å². The quantitative estimate of drug-likeness (QED) is 0.483. The number of anilines is 2. The lowest BCUT2D eigenvalue weighted by atomic mass is 10.0. The molecular formula is C20H14N2O5S. The number of para-hydroxylation sites is 2. The average Bonchev–Trinajstić information content (AvgIpc) is 2.68. The summed E-state index contributed by atoms with van der Waals surface area (Å²) in [6, 6.07) is 16.7. The van der Waals surface area contributed by atoms with Crippen molar-refractivity contribution in [2.45, 2.75) is 16.7 Å². The molecule has 3 aromatic rings. The van der Waals surface area contributed by atoms with Crippen molar-refractivity contribution in [1.82, 2.24) is 0 Å². The molecule has 1 amide bonds. The molecular weight excluding hydrogens is 380 g/mol. The van der Waals surface area contributed by atoms with E-state index >= 15 is 0 Å². The second-order valence-electron chi connectivity index (χ2n) is 6.29. The molecule has 140 valence electrons. The van der Waals surface area contributed by atoms with E-state index in [-0.39, 0.29) is 38.0 Å². The lowest BCUT2D eigenvalue weighted by Crippen LogP contribution is -2.32. The van der Waals surface area contributed by atoms with Crippen molar-refractivity contribution in [2.75, 3.05) is 4.90 Å². The Labute approximate surface area is 160 Å². The van der Waals surface area contributed by atoms with Crippen LogP contribution in [0.1, 0.15) is 15.9 Å². The van der Waals surface area contributed by atoms with Crippen molar-refractivity contribution in [3.05, 3.63) is 88.0 Å². The molecule has 28 heavy (non-hydrogen) atoms. The minimum Gasteiger partial charge on any atom is -0.274 e. The Bertz CT molecular complexity index is 1200. The molecule has 0 spiro atoms. The molecule has 1 heterocycles. The summed E-state index contributed by atoms with van der Waals surface area (Å²) in [5.74, 6) is -0.531. The van der Waals surface area contributed by atoms with Crippen LogP contribution in [-0.4, -0.2) is 19.2 Å². The van der Waals surface area contributed by atoms with Gasteiger partial charge in [0.05, 0.1) is 31.7 Å². The predicted molar refractivity (Wildman–Crippen MR) is 103 cm³/mol. The fourth-order valence-electron chi connectivity index (χ4n) is 3.38. The monoisotopic (exact) mass is 394 g/mol. The number of nitrogens with zero attached hydrogens (tertiary/aromatic N) is 2. The molecule has 0 unspecified atom stereocenters. The van der Waals surface area contributed by atoms with Gasteiger partial charge in [0.1, 0.15) is 0 Å². The fourth-order valence-corrected chi connectivity index (χ4v) is 5.00. The minimum atomic E-state index is -3.78. The molecule has 4 rings (SSSR count). The zero-order valence-corrected chi connectivity index (χ0v) is 15.5. The van der Waals surface area contributed by atoms with E-state index in [0.717, 1.165) is 0 Å². The van der Waals surface area contributed by atoms with Crippen LogP contribution >= 0.6 is 0 Å². The number of nitro benzene ring substituents is 1. The smallest absolute Gasteiger partial charge is 0.273 e. The normalized spacial score (nSPS) is 14.1. The second-order valence-corrected chi connectivity index (χ2v) is 8.17. The van der Waals surface area contributed by atoms with Gasteiger partial charge in [0.2, 0.25) is 9.84 Å². The number of fused-ring (bicyclic) bond motifs is 2. The van der Waals surface area contributed by atoms with Gasteiger partial charge in [-0.3, -0.25) is 19.8 Å². The first-order valence-corrected chi connectivity index (χ1v) is 9.84. The molecule has 0 N–H and O–H groups in total. The molecule has 0 bridgehead atoms. The Morgan fingerprint density at radius 3 is 1.96 bits per heavy atom. The number of benzene rings is 3. The van der Waals surface area contributed by atoms with Crippen LogP contribution in [0.3, 0.4) is 0 Å². The summed E-state index contributed by atoms with van der Waals surface area (Å²) >= 11 is 0. The summed E-state index contributed by atoms with van der Waals surface area (Å²) in [7, 11) is -3.78. The molecule has 0 radical (unpaired) electrons. The molecule has 0 atom stereocenters. The lowest BCUT2D eigenvalue weighted by Gasteiger charge is -2.31. The van der Waals surface area contributed by atoms with Crippen molar-refractivity contribution in [1.29, 1.82) is 0 Å². The van der Waals surface area contributed by atoms with Crippen molar-refractivity contribution in [2.24, 2.45) is 0 Å². The second kappa shape index (κ2) is 6.28. The Hall–Kier alpha value is -3.52. The maximum Gasteiger partial charge on any atom is 0.273 e. The maximum atomic E-state index is 13.4. The summed E-state index contributed by atoms with van der Waals surface area (Å²) in [4.78, 5) is 25.5. The number of amides is 1. The van der Waals surface area contributed by atoms with Gasteiger partial charge in [-0.05, 0) is 37.3 Å². The van der Waals surface area contributed by atoms with Gasteiger partial charge in [0, 0.05) is 11.6 Å². The zero-order valence-electron chi connectivity index (χ0n) is 14.7. The van der Waals surface area contributed by atoms with Gasteiger partial charge in [0.25, 0.3) is 11.6 Å². The Balaban J connectivity index is 1.99. The largest absolute Gasteiger partial charge is 0.274 e. The van der Waals surface area contributed by atoms with E-state index in [1.54, 1.807) is 36.4 Å². The van der Waals surface area contributed by atoms with Crippen molar-refractivity contribution in [3.8, 4) is 0 Å². The molecule has 8 heteroatoms. The summed E-state index contributed by atoms with van der Waals surface area (Å²) in [5.41, 5.74) is 0.630. The predicted octanol–water partition coefficient (Wildman–Crippen LogP) is 4.03. The molecule has 7 nitrogen and oxygen atoms in total. The van der Waals surface area contributed by atoms with E-state index < -0.39 is 20.7 Å². The molecule has 1 aliphatic rings. The van der Waals surface area contributed by atoms with E-state index in [0.29, 0.717) is 0 Å². The Morgan fingerprint density at radius 2 is 1.43 bits per heavy atom. The third-order valence-corrected chi connectivity index (χ3v) is 6.58. The number of sulfone groups is 1. The van der Waals surface area contributed by atoms with Gasteiger partial charge in [-0.1, -0.05) is 30.3 Å². The standard InChI is InChI=1S/C20H14N2O5S/c1-13-14(7-6-10-15(13)22(24)25)20(23)21-16-8-2-4-11-18(16)28(26,27)19-12-5-3-9-17(19)21/h2-12H,1H3. The first-order valence-electron chi connectivity index (χ1n) is 8.35. The number of hydrogen-bond donors (Lipinski definition) is 0. The maximum absolute atomic E-state index is 13.4. The third kappa shape index (κ3) is 2.49. The van der Waals surface area contributed by atoms with Crippen LogP contribution in [0.5, 0.6) is 0 Å². The van der Waals surface area contributed by atoms with E-state index in [4.69, 9.17) is 0 Å². The Morgan fingerprint density at radius 1 is 0.893 bits per heavy atom. The summed E-state index contributed by atoms with van der Waals surface area (Å²) in [6.45, 7) is 1.50. The zero-order chi connectivity index (χ0) is 20.1. The van der Waals surface area contributed by atoms with Crippen LogP contribution in [0, 0.1) is 17.0 Å². The number of carbonyl (C=O) groups excluding carboxylic acids is 1. The van der Waals surface area contributed by atoms with E-state index in [9.17, 15) is 23.3 Å². The van der Waals surface area contributed by atoms with Crippen LogP contribution in [0.15, 0.2) is 76.5 Å². The van der Waals surface area contributed by atoms with Gasteiger partial charge in [0.15, 0.2) is 0 Å². The molecule has 0 aromatic heterocycles. The fraction of sp³-hybridized carbons (Fsp3) is 0.0500. The minimum absolute atomic E-state index is 0.0186. The molecule has 0 fully saturated rings. The average molecular weight is 394 g/mol. The molecule has 3 aromatic carbocycles. The van der Waals surface area contributed by atoms with Gasteiger partial charge in [-0.2, -0.15) is 0 Å². The Kier molecular flexibility index (Phi) is 4.01. The number of carbonyl (C=O) groups is 1. The van der Waals surface area contributed by atoms with E-state index in [1.807, 2.05) is 0 Å². The van der Waals surface area contributed by atoms with Gasteiger partial charge in [-0.25, -0.2) is 8.42 Å². The van der Waals surface area contributed by atoms with Crippen LogP contribution in [0.4, 0.5) is 17.1 Å². The highest BCUT2D eigenvalue weighted by Gasteiger charge is 2.37.